The molecule has 1 amide bonds. The molecule has 1 heterocycles. The molecule has 6 nitrogen and oxygen atoms in total. The molecule has 7 heteroatoms. The number of halogens is 1. The summed E-state index contributed by atoms with van der Waals surface area (Å²) in [5.74, 6) is 0.152. The molecule has 0 radical (unpaired) electrons. The molecule has 0 saturated heterocycles. The van der Waals surface area contributed by atoms with E-state index in [9.17, 15) is 9.59 Å². The summed E-state index contributed by atoms with van der Waals surface area (Å²) in [5, 5.41) is 7.35. The molecule has 0 fully saturated rings. The summed E-state index contributed by atoms with van der Waals surface area (Å²) in [5.41, 5.74) is 5.98. The van der Waals surface area contributed by atoms with Gasteiger partial charge in [-0.05, 0) is 18.4 Å². The lowest BCUT2D eigenvalue weighted by molar-refractivity contribution is 0.0784. The van der Waals surface area contributed by atoms with Gasteiger partial charge in [0.1, 0.15) is 0 Å². The lowest BCUT2D eigenvalue weighted by Crippen LogP contribution is -2.35. The van der Waals surface area contributed by atoms with Gasteiger partial charge >= 0.3 is 0 Å². The highest BCUT2D eigenvalue weighted by molar-refractivity contribution is 6.04. The number of nitrogens with one attached hydrogen (secondary N) is 1. The summed E-state index contributed by atoms with van der Waals surface area (Å²) in [6.07, 6.45) is 0.723. The highest BCUT2D eigenvalue weighted by atomic mass is 35.5. The van der Waals surface area contributed by atoms with E-state index < -0.39 is 0 Å². The lowest BCUT2D eigenvalue weighted by atomic mass is 10.0. The monoisotopic (exact) mass is 338 g/mol. The van der Waals surface area contributed by atoms with Crippen molar-refractivity contribution in [3.8, 4) is 0 Å². The van der Waals surface area contributed by atoms with Gasteiger partial charge in [-0.3, -0.25) is 9.59 Å². The predicted molar refractivity (Wildman–Crippen MR) is 94.0 cm³/mol. The minimum atomic E-state index is -0.295. The highest BCUT2D eigenvalue weighted by Crippen LogP contribution is 2.14. The molecule has 2 rings (SSSR count). The zero-order valence-corrected chi connectivity index (χ0v) is 14.4. The fraction of sp³-hybridized carbons (Fsp3) is 0.438. The Balaban J connectivity index is 0.00000264. The van der Waals surface area contributed by atoms with E-state index in [2.05, 4.69) is 24.0 Å². The van der Waals surface area contributed by atoms with Gasteiger partial charge in [-0.1, -0.05) is 32.0 Å². The van der Waals surface area contributed by atoms with Crippen molar-refractivity contribution in [2.24, 2.45) is 11.7 Å². The molecule has 0 aliphatic carbocycles. The van der Waals surface area contributed by atoms with Crippen LogP contribution < -0.4 is 11.3 Å². The molecule has 1 aromatic carbocycles. The van der Waals surface area contributed by atoms with E-state index in [4.69, 9.17) is 5.73 Å². The standard InChI is InChI=1S/C16H22N4O2.ClH/c1-10(2)13(17)8-9-20(3)16(22)14-11-6-4-5-7-12(11)15(21)19-18-14;/h4-7,10,13H,8-9,17H2,1-3H3,(H,19,21);1H. The smallest absolute Gasteiger partial charge is 0.274 e. The average Bonchev–Trinajstić information content (AvgIpc) is 2.52. The van der Waals surface area contributed by atoms with Gasteiger partial charge in [-0.15, -0.1) is 12.4 Å². The zero-order chi connectivity index (χ0) is 16.3. The number of hydrogen-bond acceptors (Lipinski definition) is 4. The third kappa shape index (κ3) is 4.30. The van der Waals surface area contributed by atoms with Gasteiger partial charge in [0, 0.05) is 25.0 Å². The average molecular weight is 339 g/mol. The highest BCUT2D eigenvalue weighted by Gasteiger charge is 2.19. The molecule has 0 spiro atoms. The first-order chi connectivity index (χ1) is 10.4. The molecule has 0 aliphatic heterocycles. The van der Waals surface area contributed by atoms with E-state index in [0.717, 1.165) is 6.42 Å². The number of nitrogens with zero attached hydrogens (tertiary/aromatic N) is 2. The number of amides is 1. The van der Waals surface area contributed by atoms with Crippen molar-refractivity contribution in [3.63, 3.8) is 0 Å². The summed E-state index contributed by atoms with van der Waals surface area (Å²) >= 11 is 0. The molecule has 0 bridgehead atoms. The van der Waals surface area contributed by atoms with Crippen molar-refractivity contribution < 1.29 is 4.79 Å². The van der Waals surface area contributed by atoms with Crippen LogP contribution in [-0.2, 0) is 0 Å². The molecule has 1 unspecified atom stereocenters. The van der Waals surface area contributed by atoms with E-state index in [-0.39, 0.29) is 35.6 Å². The number of carbonyl (C=O) groups is 1. The second-order valence-electron chi connectivity index (χ2n) is 5.87. The number of nitrogens with two attached hydrogens (primary N) is 1. The summed E-state index contributed by atoms with van der Waals surface area (Å²) < 4.78 is 0. The molecule has 126 valence electrons. The van der Waals surface area contributed by atoms with Crippen molar-refractivity contribution in [2.75, 3.05) is 13.6 Å². The summed E-state index contributed by atoms with van der Waals surface area (Å²) in [6.45, 7) is 4.67. The van der Waals surface area contributed by atoms with E-state index in [1.54, 1.807) is 36.2 Å². The fourth-order valence-corrected chi connectivity index (χ4v) is 2.24. The van der Waals surface area contributed by atoms with Crippen molar-refractivity contribution in [3.05, 3.63) is 40.3 Å². The Morgan fingerprint density at radius 3 is 2.52 bits per heavy atom. The number of carbonyl (C=O) groups excluding carboxylic acids is 1. The van der Waals surface area contributed by atoms with Crippen LogP contribution >= 0.6 is 12.4 Å². The van der Waals surface area contributed by atoms with Crippen LogP contribution in [0.25, 0.3) is 10.8 Å². The first-order valence-corrected chi connectivity index (χ1v) is 7.40. The molecule has 3 N–H and O–H groups in total. The minimum absolute atomic E-state index is 0. The largest absolute Gasteiger partial charge is 0.340 e. The molecule has 23 heavy (non-hydrogen) atoms. The minimum Gasteiger partial charge on any atom is -0.340 e. The lowest BCUT2D eigenvalue weighted by Gasteiger charge is -2.21. The van der Waals surface area contributed by atoms with Gasteiger partial charge in [0.2, 0.25) is 0 Å². The van der Waals surface area contributed by atoms with Crippen LogP contribution in [0.3, 0.4) is 0 Å². The van der Waals surface area contributed by atoms with Gasteiger partial charge in [-0.2, -0.15) is 5.10 Å². The van der Waals surface area contributed by atoms with Crippen LogP contribution in [-0.4, -0.2) is 40.6 Å². The Bertz CT molecular complexity index is 729. The maximum atomic E-state index is 12.6. The Kier molecular flexibility index (Phi) is 6.72. The third-order valence-electron chi connectivity index (χ3n) is 3.90. The molecular weight excluding hydrogens is 316 g/mol. The van der Waals surface area contributed by atoms with Crippen LogP contribution in [0.15, 0.2) is 29.1 Å². The Hall–Kier alpha value is -1.92. The summed E-state index contributed by atoms with van der Waals surface area (Å²) in [4.78, 5) is 25.9. The molecule has 2 aromatic rings. The van der Waals surface area contributed by atoms with Crippen LogP contribution in [0.1, 0.15) is 30.8 Å². The second-order valence-corrected chi connectivity index (χ2v) is 5.87. The normalized spacial score (nSPS) is 12.0. The van der Waals surface area contributed by atoms with Crippen molar-refractivity contribution >= 4 is 29.1 Å². The molecule has 0 aliphatic rings. The number of benzene rings is 1. The third-order valence-corrected chi connectivity index (χ3v) is 3.90. The number of fused-ring (bicyclic) bond motifs is 1. The SMILES string of the molecule is CC(C)C(N)CCN(C)C(=O)c1n[nH]c(=O)c2ccccc12.Cl. The van der Waals surface area contributed by atoms with Gasteiger partial charge in [-0.25, -0.2) is 5.10 Å². The van der Waals surface area contributed by atoms with Crippen LogP contribution in [0.2, 0.25) is 0 Å². The maximum Gasteiger partial charge on any atom is 0.274 e. The number of hydrogen-bond donors (Lipinski definition) is 2. The molecule has 1 aromatic heterocycles. The van der Waals surface area contributed by atoms with Gasteiger partial charge < -0.3 is 10.6 Å². The van der Waals surface area contributed by atoms with Gasteiger partial charge in [0.05, 0.1) is 5.39 Å². The quantitative estimate of drug-likeness (QED) is 0.869. The first kappa shape index (κ1) is 19.1. The Labute approximate surface area is 141 Å². The Morgan fingerprint density at radius 1 is 1.30 bits per heavy atom. The number of rotatable bonds is 5. The number of aromatic nitrogens is 2. The van der Waals surface area contributed by atoms with Crippen LogP contribution in [0, 0.1) is 5.92 Å². The molecule has 1 atom stereocenters. The first-order valence-electron chi connectivity index (χ1n) is 7.40. The van der Waals surface area contributed by atoms with Gasteiger partial charge in [0.25, 0.3) is 11.5 Å². The van der Waals surface area contributed by atoms with Crippen molar-refractivity contribution in [2.45, 2.75) is 26.3 Å². The van der Waals surface area contributed by atoms with E-state index in [1.807, 2.05) is 0 Å². The second kappa shape index (κ2) is 8.08. The van der Waals surface area contributed by atoms with E-state index in [1.165, 1.54) is 0 Å². The Morgan fingerprint density at radius 2 is 1.91 bits per heavy atom. The fourth-order valence-electron chi connectivity index (χ4n) is 2.24. The maximum absolute atomic E-state index is 12.6. The molecule has 0 saturated carbocycles. The van der Waals surface area contributed by atoms with Crippen LogP contribution in [0.4, 0.5) is 0 Å². The van der Waals surface area contributed by atoms with E-state index >= 15 is 0 Å². The number of aromatic amines is 1. The van der Waals surface area contributed by atoms with Gasteiger partial charge in [0.15, 0.2) is 5.69 Å². The molecular formula is C16H23ClN4O2. The number of H-pyrrole nitrogens is 1. The van der Waals surface area contributed by atoms with Crippen molar-refractivity contribution in [1.82, 2.24) is 15.1 Å². The van der Waals surface area contributed by atoms with Crippen molar-refractivity contribution in [1.29, 1.82) is 0 Å². The topological polar surface area (TPSA) is 92.1 Å². The van der Waals surface area contributed by atoms with E-state index in [0.29, 0.717) is 23.2 Å². The summed E-state index contributed by atoms with van der Waals surface area (Å²) in [7, 11) is 1.72. The zero-order valence-electron chi connectivity index (χ0n) is 13.6. The summed E-state index contributed by atoms with van der Waals surface area (Å²) in [6, 6.07) is 7.02. The predicted octanol–water partition coefficient (Wildman–Crippen LogP) is 1.79. The van der Waals surface area contributed by atoms with Crippen LogP contribution in [0.5, 0.6) is 0 Å².